The van der Waals surface area contributed by atoms with Crippen LogP contribution in [0.2, 0.25) is 0 Å². The van der Waals surface area contributed by atoms with Gasteiger partial charge in [-0.1, -0.05) is 0 Å². The first kappa shape index (κ1) is 23.8. The minimum atomic E-state index is -1.48. The minimum absolute atomic E-state index is 0.0158. The van der Waals surface area contributed by atoms with Crippen molar-refractivity contribution in [3.8, 4) is 0 Å². The Labute approximate surface area is 182 Å². The van der Waals surface area contributed by atoms with Gasteiger partial charge >= 0.3 is 11.7 Å². The lowest BCUT2D eigenvalue weighted by molar-refractivity contribution is -0.164. The number of esters is 1. The van der Waals surface area contributed by atoms with Gasteiger partial charge in [0.15, 0.2) is 0 Å². The molecule has 0 aliphatic carbocycles. The molecule has 0 amide bonds. The van der Waals surface area contributed by atoms with E-state index in [2.05, 4.69) is 15.9 Å². The lowest BCUT2D eigenvalue weighted by Crippen LogP contribution is -2.54. The molecule has 0 aromatic carbocycles. The first-order valence-corrected chi connectivity index (χ1v) is 11.1. The van der Waals surface area contributed by atoms with E-state index in [4.69, 9.17) is 9.47 Å². The van der Waals surface area contributed by atoms with Gasteiger partial charge in [0.2, 0.25) is 0 Å². The lowest BCUT2D eigenvalue weighted by Gasteiger charge is -2.30. The van der Waals surface area contributed by atoms with Crippen molar-refractivity contribution in [2.24, 2.45) is 0 Å². The zero-order chi connectivity index (χ0) is 22.3. The maximum Gasteiger partial charge on any atom is 0.333 e. The summed E-state index contributed by atoms with van der Waals surface area (Å²) in [4.78, 5) is 40.1. The highest BCUT2D eigenvalue weighted by Gasteiger charge is 2.38. The second-order valence-corrected chi connectivity index (χ2v) is 11.1. The molecule has 29 heavy (non-hydrogen) atoms. The van der Waals surface area contributed by atoms with Crippen LogP contribution in [0, 0.1) is 6.92 Å². The van der Waals surface area contributed by atoms with Crippen molar-refractivity contribution in [2.45, 2.75) is 79.2 Å². The molecule has 0 spiro atoms. The summed E-state index contributed by atoms with van der Waals surface area (Å²) in [6.07, 6.45) is 0.0158. The minimum Gasteiger partial charge on any atom is -0.458 e. The lowest BCUT2D eigenvalue weighted by atomic mass is 10.0. The number of ether oxygens (including phenoxy) is 2. The van der Waals surface area contributed by atoms with Crippen LogP contribution >= 0.6 is 27.3 Å². The Morgan fingerprint density at radius 3 is 2.28 bits per heavy atom. The average Bonchev–Trinajstić information content (AvgIpc) is 2.84. The molecule has 0 radical (unpaired) electrons. The molecule has 0 aliphatic rings. The van der Waals surface area contributed by atoms with Crippen molar-refractivity contribution in [3.63, 3.8) is 0 Å². The van der Waals surface area contributed by atoms with E-state index in [9.17, 15) is 14.4 Å². The molecule has 0 aliphatic heterocycles. The van der Waals surface area contributed by atoms with E-state index in [-0.39, 0.29) is 12.6 Å². The molecular weight excluding hydrogens is 460 g/mol. The van der Waals surface area contributed by atoms with Crippen molar-refractivity contribution < 1.29 is 14.3 Å². The molecule has 0 saturated carbocycles. The number of nitrogens with zero attached hydrogens (tertiary/aromatic N) is 2. The topological polar surface area (TPSA) is 79.5 Å². The van der Waals surface area contributed by atoms with Crippen LogP contribution in [-0.2, 0) is 26.4 Å². The number of rotatable bonds is 6. The molecule has 2 heterocycles. The number of thiophene rings is 1. The molecule has 9 heteroatoms. The number of aromatic nitrogens is 2. The van der Waals surface area contributed by atoms with Crippen LogP contribution in [0.5, 0.6) is 0 Å². The predicted molar refractivity (Wildman–Crippen MR) is 119 cm³/mol. The molecule has 2 rings (SSSR count). The molecule has 7 nitrogen and oxygen atoms in total. The molecular formula is C20H29BrN2O5S. The number of hydrogen-bond donors (Lipinski definition) is 0. The second kappa shape index (κ2) is 8.35. The van der Waals surface area contributed by atoms with Crippen molar-refractivity contribution in [2.75, 3.05) is 6.61 Å². The van der Waals surface area contributed by atoms with E-state index in [0.717, 1.165) is 13.9 Å². The van der Waals surface area contributed by atoms with Crippen LogP contribution in [0.4, 0.5) is 0 Å². The molecule has 162 valence electrons. The Balaban J connectivity index is 2.75. The van der Waals surface area contributed by atoms with Gasteiger partial charge < -0.3 is 9.47 Å². The Kier molecular flexibility index (Phi) is 6.86. The highest BCUT2D eigenvalue weighted by Crippen LogP contribution is 2.32. The fourth-order valence-electron chi connectivity index (χ4n) is 2.88. The van der Waals surface area contributed by atoms with Crippen LogP contribution in [0.1, 0.15) is 54.0 Å². The molecule has 2 aromatic heterocycles. The SMILES string of the molecule is Cc1c(Br)sc2c1c(=O)n(C(C)(C)C(=O)OC(C)(C)C)c(=O)n2CCOC(C)C. The van der Waals surface area contributed by atoms with Gasteiger partial charge in [0.05, 0.1) is 28.4 Å². The van der Waals surface area contributed by atoms with Crippen molar-refractivity contribution >= 4 is 43.5 Å². The van der Waals surface area contributed by atoms with Gasteiger partial charge in [0.1, 0.15) is 16.0 Å². The third-order valence-electron chi connectivity index (χ3n) is 4.38. The van der Waals surface area contributed by atoms with Crippen LogP contribution < -0.4 is 11.2 Å². The number of aryl methyl sites for hydroxylation is 1. The monoisotopic (exact) mass is 488 g/mol. The Morgan fingerprint density at radius 1 is 1.17 bits per heavy atom. The quantitative estimate of drug-likeness (QED) is 0.577. The summed E-state index contributed by atoms with van der Waals surface area (Å²) in [5, 5.41) is 0.419. The Bertz CT molecular complexity index is 1040. The third-order valence-corrected chi connectivity index (χ3v) is 6.56. The van der Waals surface area contributed by atoms with Gasteiger partial charge in [-0.25, -0.2) is 14.2 Å². The number of fused-ring (bicyclic) bond motifs is 1. The summed E-state index contributed by atoms with van der Waals surface area (Å²) < 4.78 is 14.4. The van der Waals surface area contributed by atoms with Crippen LogP contribution in [0.3, 0.4) is 0 Å². The zero-order valence-corrected chi connectivity index (χ0v) is 20.6. The van der Waals surface area contributed by atoms with Crippen LogP contribution in [-0.4, -0.2) is 33.4 Å². The van der Waals surface area contributed by atoms with Crippen LogP contribution in [0.25, 0.3) is 10.2 Å². The van der Waals surface area contributed by atoms with Gasteiger partial charge in [-0.15, -0.1) is 11.3 Å². The summed E-state index contributed by atoms with van der Waals surface area (Å²) in [5.41, 5.74) is -2.53. The van der Waals surface area contributed by atoms with E-state index in [1.807, 2.05) is 20.8 Å². The Morgan fingerprint density at radius 2 is 1.76 bits per heavy atom. The maximum absolute atomic E-state index is 13.4. The zero-order valence-electron chi connectivity index (χ0n) is 18.2. The van der Waals surface area contributed by atoms with Crippen LogP contribution in [0.15, 0.2) is 13.4 Å². The van der Waals surface area contributed by atoms with Gasteiger partial charge in [-0.2, -0.15) is 0 Å². The molecule has 0 bridgehead atoms. The molecule has 0 saturated heterocycles. The summed E-state index contributed by atoms with van der Waals surface area (Å²) in [5.74, 6) is -0.638. The fourth-order valence-corrected chi connectivity index (χ4v) is 4.59. The third kappa shape index (κ3) is 4.83. The standard InChI is InChI=1S/C20H29BrN2O5S/c1-11(2)27-10-9-22-16-13(12(3)14(21)29-16)15(24)23(18(22)26)20(7,8)17(25)28-19(4,5)6/h11H,9-10H2,1-8H3. The van der Waals surface area contributed by atoms with Gasteiger partial charge in [-0.3, -0.25) is 9.36 Å². The smallest absolute Gasteiger partial charge is 0.333 e. The summed E-state index contributed by atoms with van der Waals surface area (Å²) >= 11 is 4.79. The van der Waals surface area contributed by atoms with Gasteiger partial charge in [0, 0.05) is 0 Å². The van der Waals surface area contributed by atoms with E-state index in [1.54, 1.807) is 20.8 Å². The molecule has 0 unspecified atom stereocenters. The summed E-state index contributed by atoms with van der Waals surface area (Å²) in [6, 6.07) is 0. The predicted octanol–water partition coefficient (Wildman–Crippen LogP) is 3.80. The second-order valence-electron chi connectivity index (χ2n) is 8.74. The first-order valence-electron chi connectivity index (χ1n) is 9.48. The van der Waals surface area contributed by atoms with Crippen molar-refractivity contribution in [1.82, 2.24) is 9.13 Å². The van der Waals surface area contributed by atoms with Gasteiger partial charge in [0.25, 0.3) is 5.56 Å². The Hall–Kier alpha value is -1.45. The summed E-state index contributed by atoms with van der Waals surface area (Å²) in [6.45, 7) is 14.5. The normalized spacial score (nSPS) is 12.8. The summed E-state index contributed by atoms with van der Waals surface area (Å²) in [7, 11) is 0. The van der Waals surface area contributed by atoms with Crippen molar-refractivity contribution in [3.05, 3.63) is 30.2 Å². The fraction of sp³-hybridized carbons (Fsp3) is 0.650. The van der Waals surface area contributed by atoms with E-state index in [1.165, 1.54) is 29.8 Å². The number of hydrogen-bond acceptors (Lipinski definition) is 6. The highest BCUT2D eigenvalue weighted by molar-refractivity contribution is 9.11. The molecule has 0 fully saturated rings. The van der Waals surface area contributed by atoms with E-state index >= 15 is 0 Å². The molecule has 0 atom stereocenters. The molecule has 0 N–H and O–H groups in total. The van der Waals surface area contributed by atoms with Crippen molar-refractivity contribution in [1.29, 1.82) is 0 Å². The number of halogens is 1. The average molecular weight is 489 g/mol. The van der Waals surface area contributed by atoms with Gasteiger partial charge in [-0.05, 0) is 76.9 Å². The largest absolute Gasteiger partial charge is 0.458 e. The highest BCUT2D eigenvalue weighted by atomic mass is 79.9. The van der Waals surface area contributed by atoms with E-state index in [0.29, 0.717) is 16.8 Å². The number of carbonyl (C=O) groups is 1. The molecule has 2 aromatic rings. The first-order chi connectivity index (χ1) is 13.2. The maximum atomic E-state index is 13.4. The number of carbonyl (C=O) groups excluding carboxylic acids is 1. The van der Waals surface area contributed by atoms with E-state index < -0.39 is 28.4 Å².